The molecule has 0 aliphatic carbocycles. The van der Waals surface area contributed by atoms with Crippen molar-refractivity contribution >= 4 is 27.5 Å². The second-order valence-electron chi connectivity index (χ2n) is 6.87. The highest BCUT2D eigenvalue weighted by Gasteiger charge is 2.33. The van der Waals surface area contributed by atoms with E-state index in [-0.39, 0.29) is 23.6 Å². The Labute approximate surface area is 183 Å². The number of ether oxygens (including phenoxy) is 1. The van der Waals surface area contributed by atoms with Gasteiger partial charge in [0.25, 0.3) is 5.91 Å². The molecule has 0 saturated heterocycles. The van der Waals surface area contributed by atoms with E-state index in [9.17, 15) is 26.4 Å². The van der Waals surface area contributed by atoms with E-state index in [4.69, 9.17) is 4.74 Å². The number of carbonyl (C=O) groups is 1. The summed E-state index contributed by atoms with van der Waals surface area (Å²) in [4.78, 5) is 12.9. The van der Waals surface area contributed by atoms with Gasteiger partial charge in [-0.3, -0.25) is 4.79 Å². The van der Waals surface area contributed by atoms with Gasteiger partial charge in [0.2, 0.25) is 0 Å². The monoisotopic (exact) mass is 467 g/mol. The second-order valence-corrected chi connectivity index (χ2v) is 8.38. The summed E-state index contributed by atoms with van der Waals surface area (Å²) in [6.07, 6.45) is -3.30. The fraction of sp³-hybridized carbons (Fsp3) is 0.238. The predicted molar refractivity (Wildman–Crippen MR) is 114 cm³/mol. The van der Waals surface area contributed by atoms with Crippen molar-refractivity contribution in [1.29, 1.82) is 0 Å². The van der Waals surface area contributed by atoms with Crippen molar-refractivity contribution in [3.63, 3.8) is 0 Å². The molecule has 3 rings (SSSR count). The molecular weight excluding hydrogens is 447 g/mol. The lowest BCUT2D eigenvalue weighted by atomic mass is 10.1. The zero-order chi connectivity index (χ0) is 23.7. The van der Waals surface area contributed by atoms with Gasteiger partial charge in [-0.2, -0.15) is 21.6 Å². The highest BCUT2D eigenvalue weighted by atomic mass is 32.2. The lowest BCUT2D eigenvalue weighted by Gasteiger charge is -2.26. The molecular formula is C21H20F3N3O4S. The molecule has 0 atom stereocenters. The van der Waals surface area contributed by atoms with Gasteiger partial charge in [-0.25, -0.2) is 4.31 Å². The minimum absolute atomic E-state index is 0.0228. The van der Waals surface area contributed by atoms with E-state index in [1.807, 2.05) is 0 Å². The molecule has 0 spiro atoms. The third-order valence-corrected chi connectivity index (χ3v) is 6.13. The molecule has 0 unspecified atom stereocenters. The molecule has 1 heterocycles. The van der Waals surface area contributed by atoms with E-state index in [1.165, 1.54) is 26.2 Å². The lowest BCUT2D eigenvalue weighted by molar-refractivity contribution is -0.137. The fourth-order valence-electron chi connectivity index (χ4n) is 3.18. The van der Waals surface area contributed by atoms with Crippen LogP contribution in [0.4, 0.5) is 18.9 Å². The number of likely N-dealkylation sites (N-methyl/N-ethyl adjacent to an activating group) is 1. The molecule has 170 valence electrons. The van der Waals surface area contributed by atoms with E-state index in [1.54, 1.807) is 25.1 Å². The van der Waals surface area contributed by atoms with Crippen molar-refractivity contribution in [2.75, 3.05) is 19.0 Å². The van der Waals surface area contributed by atoms with Crippen molar-refractivity contribution in [3.05, 3.63) is 70.9 Å². The van der Waals surface area contributed by atoms with Crippen LogP contribution in [0, 0.1) is 6.92 Å². The predicted octanol–water partition coefficient (Wildman–Crippen LogP) is 3.91. The van der Waals surface area contributed by atoms with Gasteiger partial charge in [0.1, 0.15) is 11.4 Å². The molecule has 7 nitrogen and oxygen atoms in total. The van der Waals surface area contributed by atoms with E-state index in [0.717, 1.165) is 28.1 Å². The van der Waals surface area contributed by atoms with Crippen molar-refractivity contribution in [2.24, 2.45) is 4.40 Å². The number of aryl methyl sites for hydroxylation is 1. The minimum atomic E-state index is -4.59. The minimum Gasteiger partial charge on any atom is -0.496 e. The van der Waals surface area contributed by atoms with Gasteiger partial charge < -0.3 is 10.1 Å². The topological polar surface area (TPSA) is 88.1 Å². The number of hydrogen-bond acceptors (Lipinski definition) is 4. The van der Waals surface area contributed by atoms with Gasteiger partial charge in [0.05, 0.1) is 18.4 Å². The maximum Gasteiger partial charge on any atom is 0.416 e. The smallest absolute Gasteiger partial charge is 0.416 e. The van der Waals surface area contributed by atoms with Crippen LogP contribution in [-0.4, -0.2) is 38.0 Å². The van der Waals surface area contributed by atoms with Gasteiger partial charge in [0.15, 0.2) is 0 Å². The van der Waals surface area contributed by atoms with Crippen molar-refractivity contribution in [3.8, 4) is 5.75 Å². The zero-order valence-electron chi connectivity index (χ0n) is 17.4. The number of benzene rings is 2. The summed E-state index contributed by atoms with van der Waals surface area (Å²) in [5.41, 5.74) is -0.135. The third kappa shape index (κ3) is 4.77. The number of hydrogen-bond donors (Lipinski definition) is 1. The molecule has 0 fully saturated rings. The number of nitrogens with one attached hydrogen (secondary N) is 1. The second kappa shape index (κ2) is 8.65. The molecule has 1 N–H and O–H groups in total. The van der Waals surface area contributed by atoms with E-state index < -0.39 is 27.9 Å². The highest BCUT2D eigenvalue weighted by molar-refractivity contribution is 7.88. The van der Waals surface area contributed by atoms with Crippen LogP contribution in [0.5, 0.6) is 5.75 Å². The Bertz CT molecular complexity index is 1220. The Morgan fingerprint density at radius 2 is 1.91 bits per heavy atom. The Morgan fingerprint density at radius 1 is 1.19 bits per heavy atom. The standard InChI is InChI=1S/C21H20F3N3O4S/c1-4-27-18(20(28)25-16-7-5-6-15(11-16)21(22,23)24)12-17(26-32(27,29)30)14-8-9-19(31-3)13(2)10-14/h5-12H,4H2,1-3H3,(H,25,28). The highest BCUT2D eigenvalue weighted by Crippen LogP contribution is 2.31. The number of nitrogens with zero attached hydrogens (tertiary/aromatic N) is 2. The maximum atomic E-state index is 13.0. The van der Waals surface area contributed by atoms with Crippen molar-refractivity contribution in [2.45, 2.75) is 20.0 Å². The average molecular weight is 467 g/mol. The van der Waals surface area contributed by atoms with Crippen LogP contribution in [0.15, 0.2) is 58.6 Å². The van der Waals surface area contributed by atoms with Crippen molar-refractivity contribution in [1.82, 2.24) is 4.31 Å². The first kappa shape index (κ1) is 23.3. The number of rotatable bonds is 5. The SMILES string of the molecule is CCN1C(C(=O)Nc2cccc(C(F)(F)F)c2)=CC(c2ccc(OC)c(C)c2)=NS1(=O)=O. The van der Waals surface area contributed by atoms with Gasteiger partial charge in [-0.1, -0.05) is 6.07 Å². The Morgan fingerprint density at radius 3 is 2.50 bits per heavy atom. The molecule has 0 radical (unpaired) electrons. The first-order valence-electron chi connectivity index (χ1n) is 9.44. The summed E-state index contributed by atoms with van der Waals surface area (Å²) in [7, 11) is -2.74. The summed E-state index contributed by atoms with van der Waals surface area (Å²) in [5, 5.41) is 2.34. The third-order valence-electron chi connectivity index (χ3n) is 4.69. The Balaban J connectivity index is 2.00. The summed E-state index contributed by atoms with van der Waals surface area (Å²) >= 11 is 0. The molecule has 32 heavy (non-hydrogen) atoms. The van der Waals surface area contributed by atoms with Crippen LogP contribution in [0.1, 0.15) is 23.6 Å². The molecule has 0 saturated carbocycles. The summed E-state index contributed by atoms with van der Waals surface area (Å²) in [6, 6.07) is 8.97. The zero-order valence-corrected chi connectivity index (χ0v) is 18.2. The van der Waals surface area contributed by atoms with Crippen LogP contribution in [0.25, 0.3) is 0 Å². The number of alkyl halides is 3. The summed E-state index contributed by atoms with van der Waals surface area (Å²) < 4.78 is 74.1. The number of methoxy groups -OCH3 is 1. The first-order chi connectivity index (χ1) is 15.0. The van der Waals surface area contributed by atoms with Crippen LogP contribution < -0.4 is 10.1 Å². The number of carbonyl (C=O) groups excluding carboxylic acids is 1. The largest absolute Gasteiger partial charge is 0.496 e. The molecule has 1 aliphatic rings. The Hall–Kier alpha value is -3.34. The van der Waals surface area contributed by atoms with Crippen LogP contribution in [0.2, 0.25) is 0 Å². The normalized spacial score (nSPS) is 15.6. The molecule has 2 aromatic carbocycles. The quantitative estimate of drug-likeness (QED) is 0.722. The van der Waals surface area contributed by atoms with Gasteiger partial charge >= 0.3 is 16.4 Å². The average Bonchev–Trinajstić information content (AvgIpc) is 2.72. The van der Waals surface area contributed by atoms with E-state index >= 15 is 0 Å². The van der Waals surface area contributed by atoms with E-state index in [0.29, 0.717) is 11.3 Å². The van der Waals surface area contributed by atoms with Crippen LogP contribution >= 0.6 is 0 Å². The van der Waals surface area contributed by atoms with Crippen LogP contribution in [-0.2, 0) is 21.2 Å². The molecule has 0 aromatic heterocycles. The lowest BCUT2D eigenvalue weighted by Crippen LogP contribution is -2.38. The first-order valence-corrected chi connectivity index (χ1v) is 10.8. The van der Waals surface area contributed by atoms with Gasteiger partial charge in [-0.15, -0.1) is 4.40 Å². The Kier molecular flexibility index (Phi) is 6.31. The van der Waals surface area contributed by atoms with Gasteiger partial charge in [-0.05, 0) is 61.9 Å². The number of amides is 1. The molecule has 1 aliphatic heterocycles. The molecule has 2 aromatic rings. The van der Waals surface area contributed by atoms with E-state index in [2.05, 4.69) is 9.71 Å². The number of allylic oxidation sites excluding steroid dienone is 1. The molecule has 11 heteroatoms. The maximum absolute atomic E-state index is 13.0. The number of anilines is 1. The van der Waals surface area contributed by atoms with Crippen LogP contribution in [0.3, 0.4) is 0 Å². The molecule has 0 bridgehead atoms. The summed E-state index contributed by atoms with van der Waals surface area (Å²) in [6.45, 7) is 3.19. The summed E-state index contributed by atoms with van der Waals surface area (Å²) in [5.74, 6) is -0.290. The fourth-order valence-corrected chi connectivity index (χ4v) is 4.40. The van der Waals surface area contributed by atoms with Gasteiger partial charge in [0, 0.05) is 17.8 Å². The van der Waals surface area contributed by atoms with Crippen molar-refractivity contribution < 1.29 is 31.1 Å². The number of halogens is 3. The molecule has 1 amide bonds.